The molecule has 5 rings (SSSR count). The Balaban J connectivity index is 1.39. The molecule has 6 nitrogen and oxygen atoms in total. The fourth-order valence-corrected chi connectivity index (χ4v) is 5.34. The van der Waals surface area contributed by atoms with Gasteiger partial charge >= 0.3 is 0 Å². The highest BCUT2D eigenvalue weighted by atomic mass is 79.9. The summed E-state index contributed by atoms with van der Waals surface area (Å²) in [5, 5.41) is 2.79. The summed E-state index contributed by atoms with van der Waals surface area (Å²) in [6.07, 6.45) is 3.89. The summed E-state index contributed by atoms with van der Waals surface area (Å²) in [7, 11) is 0. The van der Waals surface area contributed by atoms with E-state index in [4.69, 9.17) is 9.47 Å². The number of anilines is 1. The van der Waals surface area contributed by atoms with E-state index >= 15 is 0 Å². The predicted molar refractivity (Wildman–Crippen MR) is 130 cm³/mol. The minimum atomic E-state index is -0.425. The summed E-state index contributed by atoms with van der Waals surface area (Å²) >= 11 is 3.55. The molecule has 0 atom stereocenters. The number of carbonyl (C=O) groups is 3. The number of allylic oxidation sites excluding steroid dienone is 4. The van der Waals surface area contributed by atoms with Gasteiger partial charge in [-0.25, -0.2) is 0 Å². The largest absolute Gasteiger partial charge is 0.483 e. The van der Waals surface area contributed by atoms with E-state index < -0.39 is 5.92 Å². The highest BCUT2D eigenvalue weighted by molar-refractivity contribution is 9.10. The maximum Gasteiger partial charge on any atom is 0.262 e. The minimum Gasteiger partial charge on any atom is -0.483 e. The second kappa shape index (κ2) is 9.58. The zero-order valence-electron chi connectivity index (χ0n) is 18.6. The first kappa shape index (κ1) is 22.6. The first-order chi connectivity index (χ1) is 16.5. The van der Waals surface area contributed by atoms with Crippen LogP contribution in [0, 0.1) is 0 Å². The van der Waals surface area contributed by atoms with Gasteiger partial charge in [0.05, 0.1) is 4.47 Å². The van der Waals surface area contributed by atoms with Crippen LogP contribution in [0.5, 0.6) is 5.75 Å². The molecule has 0 spiro atoms. The molecule has 3 aliphatic rings. The number of hydrogen-bond acceptors (Lipinski definition) is 5. The lowest BCUT2D eigenvalue weighted by molar-refractivity contribution is -0.119. The van der Waals surface area contributed by atoms with Gasteiger partial charge in [-0.3, -0.25) is 14.4 Å². The summed E-state index contributed by atoms with van der Waals surface area (Å²) in [6, 6.07) is 14.7. The van der Waals surface area contributed by atoms with Gasteiger partial charge in [0.1, 0.15) is 17.3 Å². The molecule has 2 aromatic carbocycles. The standard InChI is InChI=1S/C27H24BrNO5/c28-18-14-16(12-13-21(18)33-15-24(32)29-17-6-2-1-3-7-17)25-26-19(30)8-4-10-22(26)34-23-11-5-9-20(31)27(23)25/h1-3,6-7,12-14,25H,4-5,8-11,15H2,(H,29,32). The zero-order valence-corrected chi connectivity index (χ0v) is 20.2. The third-order valence-electron chi connectivity index (χ3n) is 6.35. The van der Waals surface area contributed by atoms with Gasteiger partial charge in [-0.05, 0) is 58.6 Å². The van der Waals surface area contributed by atoms with Crippen LogP contribution in [0.25, 0.3) is 0 Å². The molecule has 0 aromatic heterocycles. The Morgan fingerprint density at radius 1 is 0.941 bits per heavy atom. The molecule has 0 fully saturated rings. The summed E-state index contributed by atoms with van der Waals surface area (Å²) in [5.74, 6) is 1.33. The van der Waals surface area contributed by atoms with Crippen LogP contribution in [0.3, 0.4) is 0 Å². The molecule has 2 aromatic rings. The van der Waals surface area contributed by atoms with Crippen LogP contribution in [-0.4, -0.2) is 24.1 Å². The number of Topliss-reactive ketones (excluding diaryl/α,β-unsaturated/α-hetero) is 2. The van der Waals surface area contributed by atoms with Crippen LogP contribution in [0.2, 0.25) is 0 Å². The molecular formula is C27H24BrNO5. The van der Waals surface area contributed by atoms with Crippen LogP contribution < -0.4 is 10.1 Å². The lowest BCUT2D eigenvalue weighted by Gasteiger charge is -2.36. The molecule has 1 aliphatic heterocycles. The third kappa shape index (κ3) is 4.44. The van der Waals surface area contributed by atoms with E-state index in [1.54, 1.807) is 6.07 Å². The maximum absolute atomic E-state index is 12.9. The van der Waals surface area contributed by atoms with E-state index in [-0.39, 0.29) is 24.1 Å². The Labute approximate surface area is 206 Å². The fourth-order valence-electron chi connectivity index (χ4n) is 4.83. The van der Waals surface area contributed by atoms with Gasteiger partial charge in [-0.2, -0.15) is 0 Å². The van der Waals surface area contributed by atoms with Crippen molar-refractivity contribution in [1.82, 2.24) is 0 Å². The first-order valence-corrected chi connectivity index (χ1v) is 12.3. The van der Waals surface area contributed by atoms with Crippen LogP contribution in [0.1, 0.15) is 50.0 Å². The molecule has 1 heterocycles. The molecule has 1 N–H and O–H groups in total. The van der Waals surface area contributed by atoms with Crippen molar-refractivity contribution >= 4 is 39.1 Å². The predicted octanol–water partition coefficient (Wildman–Crippen LogP) is 5.59. The normalized spacial score (nSPS) is 18.3. The van der Waals surface area contributed by atoms with Crippen molar-refractivity contribution in [3.05, 3.63) is 81.2 Å². The second-order valence-electron chi connectivity index (χ2n) is 8.65. The van der Waals surface area contributed by atoms with E-state index in [0.29, 0.717) is 64.3 Å². The van der Waals surface area contributed by atoms with Crippen molar-refractivity contribution < 1.29 is 23.9 Å². The average molecular weight is 522 g/mol. The molecule has 2 aliphatic carbocycles. The van der Waals surface area contributed by atoms with Gasteiger partial charge in [-0.15, -0.1) is 0 Å². The smallest absolute Gasteiger partial charge is 0.262 e. The van der Waals surface area contributed by atoms with Gasteiger partial charge in [0, 0.05) is 48.4 Å². The van der Waals surface area contributed by atoms with Crippen LogP contribution >= 0.6 is 15.9 Å². The van der Waals surface area contributed by atoms with Crippen molar-refractivity contribution in [2.45, 2.75) is 44.4 Å². The topological polar surface area (TPSA) is 81.7 Å². The van der Waals surface area contributed by atoms with E-state index in [1.807, 2.05) is 42.5 Å². The molecule has 174 valence electrons. The van der Waals surface area contributed by atoms with E-state index in [1.165, 1.54) is 0 Å². The lowest BCUT2D eigenvalue weighted by Crippen LogP contribution is -2.30. The molecule has 0 bridgehead atoms. The van der Waals surface area contributed by atoms with E-state index in [9.17, 15) is 14.4 Å². The SMILES string of the molecule is O=C(COc1ccc(C2C3=C(CCCC3=O)OC3=C2C(=O)CCC3)cc1Br)Nc1ccccc1. The quantitative estimate of drug-likeness (QED) is 0.554. The number of hydrogen-bond donors (Lipinski definition) is 1. The molecule has 0 saturated heterocycles. The van der Waals surface area contributed by atoms with Gasteiger partial charge < -0.3 is 14.8 Å². The number of rotatable bonds is 5. The summed E-state index contributed by atoms with van der Waals surface area (Å²) in [6.45, 7) is -0.147. The van der Waals surface area contributed by atoms with Crippen LogP contribution in [-0.2, 0) is 19.1 Å². The number of carbonyl (C=O) groups excluding carboxylic acids is 3. The molecule has 7 heteroatoms. The van der Waals surface area contributed by atoms with Crippen molar-refractivity contribution in [1.29, 1.82) is 0 Å². The Bertz CT molecular complexity index is 1190. The Morgan fingerprint density at radius 2 is 1.59 bits per heavy atom. The maximum atomic E-state index is 12.9. The Kier molecular flexibility index (Phi) is 6.37. The zero-order chi connectivity index (χ0) is 23.7. The Morgan fingerprint density at radius 3 is 2.21 bits per heavy atom. The number of nitrogens with one attached hydrogen (secondary N) is 1. The molecule has 34 heavy (non-hydrogen) atoms. The van der Waals surface area contributed by atoms with Gasteiger partial charge in [0.15, 0.2) is 18.2 Å². The number of para-hydroxylation sites is 1. The first-order valence-electron chi connectivity index (χ1n) is 11.5. The van der Waals surface area contributed by atoms with Gasteiger partial charge in [-0.1, -0.05) is 24.3 Å². The van der Waals surface area contributed by atoms with E-state index in [2.05, 4.69) is 21.2 Å². The number of benzene rings is 2. The minimum absolute atomic E-state index is 0.0465. The van der Waals surface area contributed by atoms with Crippen molar-refractivity contribution in [2.24, 2.45) is 0 Å². The third-order valence-corrected chi connectivity index (χ3v) is 6.97. The van der Waals surface area contributed by atoms with Crippen molar-refractivity contribution in [3.63, 3.8) is 0 Å². The highest BCUT2D eigenvalue weighted by Gasteiger charge is 2.41. The Hall–Kier alpha value is -3.19. The van der Waals surface area contributed by atoms with Gasteiger partial charge in [0.25, 0.3) is 5.91 Å². The van der Waals surface area contributed by atoms with Crippen LogP contribution in [0.15, 0.2) is 75.7 Å². The fraction of sp³-hybridized carbons (Fsp3) is 0.296. The monoisotopic (exact) mass is 521 g/mol. The van der Waals surface area contributed by atoms with Crippen molar-refractivity contribution in [2.75, 3.05) is 11.9 Å². The van der Waals surface area contributed by atoms with Gasteiger partial charge in [0.2, 0.25) is 0 Å². The molecule has 0 saturated carbocycles. The number of ether oxygens (including phenoxy) is 2. The highest BCUT2D eigenvalue weighted by Crippen LogP contribution is 2.48. The second-order valence-corrected chi connectivity index (χ2v) is 9.51. The molecule has 0 unspecified atom stereocenters. The number of halogens is 1. The van der Waals surface area contributed by atoms with Crippen molar-refractivity contribution in [3.8, 4) is 5.75 Å². The summed E-state index contributed by atoms with van der Waals surface area (Å²) in [4.78, 5) is 38.1. The molecule has 1 amide bonds. The summed E-state index contributed by atoms with van der Waals surface area (Å²) in [5.41, 5.74) is 2.76. The molecular weight excluding hydrogens is 498 g/mol. The average Bonchev–Trinajstić information content (AvgIpc) is 2.83. The number of amides is 1. The number of ketones is 2. The lowest BCUT2D eigenvalue weighted by atomic mass is 9.73. The molecule has 0 radical (unpaired) electrons. The van der Waals surface area contributed by atoms with E-state index in [0.717, 1.165) is 18.4 Å². The summed E-state index contributed by atoms with van der Waals surface area (Å²) < 4.78 is 12.5. The van der Waals surface area contributed by atoms with Crippen LogP contribution in [0.4, 0.5) is 5.69 Å².